The minimum atomic E-state index is -0.431. The summed E-state index contributed by atoms with van der Waals surface area (Å²) < 4.78 is 1.28. The highest BCUT2D eigenvalue weighted by Gasteiger charge is 2.05. The molecule has 1 aromatic heterocycles. The number of carbonyl (C=O) groups excluding carboxylic acids is 1. The Hall–Kier alpha value is -3.21. The minimum absolute atomic E-state index is 0.0375. The number of nitrogens with one attached hydrogen (secondary N) is 1. The van der Waals surface area contributed by atoms with E-state index in [1.807, 2.05) is 18.2 Å². The monoisotopic (exact) mass is 333 g/mol. The van der Waals surface area contributed by atoms with E-state index < -0.39 is 5.69 Å². The Morgan fingerprint density at radius 1 is 1.08 bits per heavy atom. The number of hydrogen-bond donors (Lipinski definition) is 1. The lowest BCUT2D eigenvalue weighted by atomic mass is 10.0. The molecule has 25 heavy (non-hydrogen) atoms. The topological polar surface area (TPSA) is 64.0 Å². The van der Waals surface area contributed by atoms with Crippen LogP contribution in [-0.4, -0.2) is 15.5 Å². The molecule has 0 spiro atoms. The average Bonchev–Trinajstić information content (AvgIpc) is 2.62. The summed E-state index contributed by atoms with van der Waals surface area (Å²) in [5.41, 5.74) is 4.04. The number of carbonyl (C=O) groups is 1. The van der Waals surface area contributed by atoms with Gasteiger partial charge in [0, 0.05) is 18.9 Å². The molecule has 0 saturated heterocycles. The van der Waals surface area contributed by atoms with Crippen LogP contribution in [0.15, 0.2) is 71.8 Å². The van der Waals surface area contributed by atoms with Gasteiger partial charge in [0.25, 0.3) is 0 Å². The van der Waals surface area contributed by atoms with Gasteiger partial charge in [0.2, 0.25) is 5.91 Å². The first-order valence-corrected chi connectivity index (χ1v) is 8.06. The molecule has 0 unspecified atom stereocenters. The summed E-state index contributed by atoms with van der Waals surface area (Å²) in [6, 6.07) is 18.0. The standard InChI is InChI=1S/C20H19N3O2/c1-15-5-2-7-17(11-15)18-8-3-6-16(12-18)13-22-19(24)14-23-10-4-9-21-20(23)25/h2-12H,13-14H2,1H3,(H,22,24). The van der Waals surface area contributed by atoms with E-state index in [1.165, 1.54) is 16.3 Å². The summed E-state index contributed by atoms with van der Waals surface area (Å²) in [5, 5.41) is 2.84. The second kappa shape index (κ2) is 7.57. The molecule has 0 aliphatic carbocycles. The normalized spacial score (nSPS) is 10.4. The smallest absolute Gasteiger partial charge is 0.347 e. The predicted octanol–water partition coefficient (Wildman–Crippen LogP) is 2.54. The average molecular weight is 333 g/mol. The molecule has 1 amide bonds. The molecule has 2 aromatic carbocycles. The molecule has 3 aromatic rings. The fraction of sp³-hybridized carbons (Fsp3) is 0.150. The van der Waals surface area contributed by atoms with Gasteiger partial charge in [0.1, 0.15) is 6.54 Å². The molecule has 1 heterocycles. The summed E-state index contributed by atoms with van der Waals surface area (Å²) in [6.45, 7) is 2.44. The number of nitrogens with zero attached hydrogens (tertiary/aromatic N) is 2. The van der Waals surface area contributed by atoms with Crippen molar-refractivity contribution in [3.05, 3.63) is 88.6 Å². The molecule has 0 atom stereocenters. The van der Waals surface area contributed by atoms with E-state index in [4.69, 9.17) is 0 Å². The van der Waals surface area contributed by atoms with E-state index in [1.54, 1.807) is 12.3 Å². The van der Waals surface area contributed by atoms with Crippen molar-refractivity contribution < 1.29 is 4.79 Å². The Bertz CT molecular complexity index is 947. The van der Waals surface area contributed by atoms with E-state index in [-0.39, 0.29) is 12.5 Å². The van der Waals surface area contributed by atoms with Crippen LogP contribution in [0, 0.1) is 6.92 Å². The van der Waals surface area contributed by atoms with Gasteiger partial charge < -0.3 is 5.32 Å². The molecule has 126 valence electrons. The number of benzene rings is 2. The fourth-order valence-electron chi connectivity index (χ4n) is 2.60. The van der Waals surface area contributed by atoms with Gasteiger partial charge >= 0.3 is 5.69 Å². The van der Waals surface area contributed by atoms with E-state index >= 15 is 0 Å². The summed E-state index contributed by atoms with van der Waals surface area (Å²) in [4.78, 5) is 27.2. The van der Waals surface area contributed by atoms with E-state index in [2.05, 4.69) is 47.6 Å². The molecule has 3 rings (SSSR count). The summed E-state index contributed by atoms with van der Waals surface area (Å²) in [6.07, 6.45) is 2.96. The summed E-state index contributed by atoms with van der Waals surface area (Å²) in [5.74, 6) is -0.226. The van der Waals surface area contributed by atoms with Crippen LogP contribution in [-0.2, 0) is 17.9 Å². The van der Waals surface area contributed by atoms with Crippen molar-refractivity contribution in [2.45, 2.75) is 20.0 Å². The Labute approximate surface area is 146 Å². The Morgan fingerprint density at radius 3 is 2.60 bits per heavy atom. The van der Waals surface area contributed by atoms with Crippen molar-refractivity contribution in [3.8, 4) is 11.1 Å². The lowest BCUT2D eigenvalue weighted by molar-refractivity contribution is -0.121. The van der Waals surface area contributed by atoms with Crippen LogP contribution in [0.4, 0.5) is 0 Å². The van der Waals surface area contributed by atoms with Crippen molar-refractivity contribution in [2.24, 2.45) is 0 Å². The molecular formula is C20H19N3O2. The highest BCUT2D eigenvalue weighted by molar-refractivity contribution is 5.75. The summed E-state index contributed by atoms with van der Waals surface area (Å²) in [7, 11) is 0. The van der Waals surface area contributed by atoms with Gasteiger partial charge in [0.15, 0.2) is 0 Å². The van der Waals surface area contributed by atoms with Crippen LogP contribution in [0.2, 0.25) is 0 Å². The fourth-order valence-corrected chi connectivity index (χ4v) is 2.60. The molecule has 0 saturated carbocycles. The second-order valence-corrected chi connectivity index (χ2v) is 5.88. The first-order chi connectivity index (χ1) is 12.1. The lowest BCUT2D eigenvalue weighted by Crippen LogP contribution is -2.32. The van der Waals surface area contributed by atoms with Gasteiger partial charge in [0.05, 0.1) is 0 Å². The maximum Gasteiger partial charge on any atom is 0.347 e. The number of amides is 1. The van der Waals surface area contributed by atoms with Crippen LogP contribution in [0.25, 0.3) is 11.1 Å². The molecule has 0 aliphatic rings. The van der Waals surface area contributed by atoms with Crippen molar-refractivity contribution in [1.82, 2.24) is 14.9 Å². The zero-order chi connectivity index (χ0) is 17.6. The molecule has 0 aliphatic heterocycles. The minimum Gasteiger partial charge on any atom is -0.350 e. The Morgan fingerprint density at radius 2 is 1.84 bits per heavy atom. The maximum absolute atomic E-state index is 12.0. The van der Waals surface area contributed by atoms with Crippen molar-refractivity contribution >= 4 is 5.91 Å². The third-order valence-corrected chi connectivity index (χ3v) is 3.86. The Kier molecular flexibility index (Phi) is 5.04. The van der Waals surface area contributed by atoms with Gasteiger partial charge in [-0.25, -0.2) is 9.78 Å². The van der Waals surface area contributed by atoms with Crippen LogP contribution >= 0.6 is 0 Å². The van der Waals surface area contributed by atoms with E-state index in [9.17, 15) is 9.59 Å². The number of aryl methyl sites for hydroxylation is 1. The van der Waals surface area contributed by atoms with Crippen molar-refractivity contribution in [1.29, 1.82) is 0 Å². The van der Waals surface area contributed by atoms with Gasteiger partial charge in [-0.1, -0.05) is 48.0 Å². The van der Waals surface area contributed by atoms with E-state index in [0.717, 1.165) is 16.7 Å². The zero-order valence-corrected chi connectivity index (χ0v) is 14.0. The second-order valence-electron chi connectivity index (χ2n) is 5.88. The molecule has 5 nitrogen and oxygen atoms in total. The van der Waals surface area contributed by atoms with Gasteiger partial charge in [-0.2, -0.15) is 0 Å². The molecule has 0 fully saturated rings. The number of aromatic nitrogens is 2. The quantitative estimate of drug-likeness (QED) is 0.780. The molecular weight excluding hydrogens is 314 g/mol. The zero-order valence-electron chi connectivity index (χ0n) is 14.0. The van der Waals surface area contributed by atoms with Crippen LogP contribution in [0.3, 0.4) is 0 Å². The third-order valence-electron chi connectivity index (χ3n) is 3.86. The van der Waals surface area contributed by atoms with Gasteiger partial charge in [-0.15, -0.1) is 0 Å². The maximum atomic E-state index is 12.0. The highest BCUT2D eigenvalue weighted by atomic mass is 16.2. The first-order valence-electron chi connectivity index (χ1n) is 8.06. The first kappa shape index (κ1) is 16.6. The Balaban J connectivity index is 1.66. The van der Waals surface area contributed by atoms with Crippen molar-refractivity contribution in [3.63, 3.8) is 0 Å². The van der Waals surface area contributed by atoms with Crippen LogP contribution in [0.5, 0.6) is 0 Å². The molecule has 0 radical (unpaired) electrons. The van der Waals surface area contributed by atoms with E-state index in [0.29, 0.717) is 6.54 Å². The van der Waals surface area contributed by atoms with Gasteiger partial charge in [-0.05, 0) is 35.7 Å². The van der Waals surface area contributed by atoms with Crippen LogP contribution in [0.1, 0.15) is 11.1 Å². The molecule has 5 heteroatoms. The lowest BCUT2D eigenvalue weighted by Gasteiger charge is -2.09. The number of hydrogen-bond acceptors (Lipinski definition) is 3. The third kappa shape index (κ3) is 4.41. The largest absolute Gasteiger partial charge is 0.350 e. The SMILES string of the molecule is Cc1cccc(-c2cccc(CNC(=O)Cn3cccnc3=O)c2)c1. The van der Waals surface area contributed by atoms with Crippen LogP contribution < -0.4 is 11.0 Å². The van der Waals surface area contributed by atoms with Gasteiger partial charge in [-0.3, -0.25) is 9.36 Å². The van der Waals surface area contributed by atoms with Crippen molar-refractivity contribution in [2.75, 3.05) is 0 Å². The number of rotatable bonds is 5. The highest BCUT2D eigenvalue weighted by Crippen LogP contribution is 2.21. The molecule has 0 bridgehead atoms. The summed E-state index contributed by atoms with van der Waals surface area (Å²) >= 11 is 0. The molecule has 1 N–H and O–H groups in total. The predicted molar refractivity (Wildman–Crippen MR) is 97.0 cm³/mol.